The van der Waals surface area contributed by atoms with E-state index in [1.165, 1.54) is 0 Å². The topological polar surface area (TPSA) is 66.4 Å². The molecule has 0 radical (unpaired) electrons. The molecule has 76 valence electrons. The van der Waals surface area contributed by atoms with Gasteiger partial charge < -0.3 is 11.8 Å². The summed E-state index contributed by atoms with van der Waals surface area (Å²) in [6, 6.07) is 8.48. The molecule has 15 heavy (non-hydrogen) atoms. The molecule has 1 amide bonds. The van der Waals surface area contributed by atoms with Crippen LogP contribution in [0.25, 0.3) is 0 Å². The SMILES string of the molecule is O=C(NC(I)C(=O)O)c1ccccc1.[H-].[Na+]. The molecule has 4 nitrogen and oxygen atoms in total. The predicted molar refractivity (Wildman–Crippen MR) is 60.5 cm³/mol. The number of rotatable bonds is 3. The summed E-state index contributed by atoms with van der Waals surface area (Å²) in [6.45, 7) is 0. The number of carbonyl (C=O) groups excluding carboxylic acids is 1. The summed E-state index contributed by atoms with van der Waals surface area (Å²) in [5.74, 6) is -1.44. The number of nitrogens with one attached hydrogen (secondary N) is 1. The molecule has 1 atom stereocenters. The van der Waals surface area contributed by atoms with E-state index in [1.807, 2.05) is 0 Å². The van der Waals surface area contributed by atoms with Crippen molar-refractivity contribution >= 4 is 34.5 Å². The van der Waals surface area contributed by atoms with Crippen LogP contribution in [0.5, 0.6) is 0 Å². The van der Waals surface area contributed by atoms with Gasteiger partial charge in [-0.25, -0.2) is 4.79 Å². The van der Waals surface area contributed by atoms with Gasteiger partial charge in [-0.15, -0.1) is 0 Å². The van der Waals surface area contributed by atoms with E-state index in [2.05, 4.69) is 5.32 Å². The summed E-state index contributed by atoms with van der Waals surface area (Å²) in [7, 11) is 0. The van der Waals surface area contributed by atoms with E-state index in [0.29, 0.717) is 5.56 Å². The van der Waals surface area contributed by atoms with Crippen LogP contribution in [-0.4, -0.2) is 21.0 Å². The maximum absolute atomic E-state index is 11.4. The standard InChI is InChI=1S/C9H8INO3.Na.H/c10-7(9(13)14)11-8(12)6-4-2-1-3-5-6;;/h1-5,7H,(H,11,12)(H,13,14);;/q;+1;-1. The molecule has 0 spiro atoms. The number of hydrogen-bond donors (Lipinski definition) is 2. The minimum atomic E-state index is -1.06. The number of alkyl halides is 1. The maximum Gasteiger partial charge on any atom is 1.00 e. The number of carboxylic acids is 1. The number of aliphatic carboxylic acids is 1. The fourth-order valence-corrected chi connectivity index (χ4v) is 1.13. The predicted octanol–water partition coefficient (Wildman–Crippen LogP) is -1.62. The monoisotopic (exact) mass is 329 g/mol. The molecule has 1 aromatic rings. The molecule has 0 aliphatic heterocycles. The van der Waals surface area contributed by atoms with Crippen molar-refractivity contribution in [2.75, 3.05) is 0 Å². The van der Waals surface area contributed by atoms with E-state index >= 15 is 0 Å². The number of carbonyl (C=O) groups is 2. The van der Waals surface area contributed by atoms with Crippen LogP contribution in [0.3, 0.4) is 0 Å². The summed E-state index contributed by atoms with van der Waals surface area (Å²) in [5.41, 5.74) is 0.454. The van der Waals surface area contributed by atoms with Crippen LogP contribution in [0.2, 0.25) is 0 Å². The van der Waals surface area contributed by atoms with E-state index in [9.17, 15) is 9.59 Å². The zero-order chi connectivity index (χ0) is 10.6. The first kappa shape index (κ1) is 14.9. The summed E-state index contributed by atoms with van der Waals surface area (Å²) in [5, 5.41) is 10.9. The third kappa shape index (κ3) is 4.96. The summed E-state index contributed by atoms with van der Waals surface area (Å²) in [6.07, 6.45) is 0. The van der Waals surface area contributed by atoms with E-state index < -0.39 is 10.0 Å². The quantitative estimate of drug-likeness (QED) is 0.303. The maximum atomic E-state index is 11.4. The molecule has 0 aliphatic carbocycles. The molecule has 0 saturated heterocycles. The molecule has 0 bridgehead atoms. The fraction of sp³-hybridized carbons (Fsp3) is 0.111. The van der Waals surface area contributed by atoms with Crippen molar-refractivity contribution < 1.29 is 45.7 Å². The van der Waals surface area contributed by atoms with Crippen molar-refractivity contribution in [1.82, 2.24) is 5.32 Å². The largest absolute Gasteiger partial charge is 1.00 e. The molecule has 1 unspecified atom stereocenters. The van der Waals surface area contributed by atoms with Gasteiger partial charge in [0, 0.05) is 5.56 Å². The molecule has 1 rings (SSSR count). The van der Waals surface area contributed by atoms with E-state index in [4.69, 9.17) is 5.11 Å². The zero-order valence-corrected chi connectivity index (χ0v) is 12.3. The second-order valence-corrected chi connectivity index (χ2v) is 3.79. The van der Waals surface area contributed by atoms with Gasteiger partial charge in [-0.1, -0.05) is 18.2 Å². The van der Waals surface area contributed by atoms with Gasteiger partial charge in [-0.05, 0) is 34.7 Å². The van der Waals surface area contributed by atoms with Crippen molar-refractivity contribution in [2.45, 2.75) is 4.05 Å². The Morgan fingerprint density at radius 1 is 1.33 bits per heavy atom. The fourth-order valence-electron chi connectivity index (χ4n) is 0.850. The average Bonchev–Trinajstić information content (AvgIpc) is 2.19. The van der Waals surface area contributed by atoms with Crippen molar-refractivity contribution in [3.8, 4) is 0 Å². The van der Waals surface area contributed by atoms with Crippen molar-refractivity contribution in [2.24, 2.45) is 0 Å². The second kappa shape index (κ2) is 7.21. The molecule has 1 aromatic carbocycles. The van der Waals surface area contributed by atoms with Gasteiger partial charge in [0.25, 0.3) is 5.91 Å². The van der Waals surface area contributed by atoms with Crippen LogP contribution < -0.4 is 34.9 Å². The zero-order valence-electron chi connectivity index (χ0n) is 9.11. The van der Waals surface area contributed by atoms with E-state index in [-0.39, 0.29) is 36.9 Å². The van der Waals surface area contributed by atoms with Gasteiger partial charge in [0.2, 0.25) is 0 Å². The van der Waals surface area contributed by atoms with Gasteiger partial charge >= 0.3 is 35.5 Å². The molecule has 0 fully saturated rings. The smallest absolute Gasteiger partial charge is 1.00 e. The average molecular weight is 329 g/mol. The number of hydrogen-bond acceptors (Lipinski definition) is 2. The van der Waals surface area contributed by atoms with Gasteiger partial charge in [0.1, 0.15) is 0 Å². The molecule has 0 aliphatic rings. The third-order valence-corrected chi connectivity index (χ3v) is 2.35. The van der Waals surface area contributed by atoms with Crippen molar-refractivity contribution in [1.29, 1.82) is 0 Å². The number of halogens is 1. The minimum Gasteiger partial charge on any atom is -1.00 e. The molecule has 2 N–H and O–H groups in total. The van der Waals surface area contributed by atoms with Crippen molar-refractivity contribution in [3.63, 3.8) is 0 Å². The summed E-state index contributed by atoms with van der Waals surface area (Å²) >= 11 is 1.64. The Labute approximate surface area is 124 Å². The summed E-state index contributed by atoms with van der Waals surface area (Å²) in [4.78, 5) is 21.8. The van der Waals surface area contributed by atoms with Crippen LogP contribution in [0, 0.1) is 0 Å². The normalized spacial score (nSPS) is 11.0. The Kier molecular flexibility index (Phi) is 7.16. The van der Waals surface area contributed by atoms with Gasteiger partial charge in [-0.3, -0.25) is 4.79 Å². The Morgan fingerprint density at radius 2 is 1.87 bits per heavy atom. The van der Waals surface area contributed by atoms with E-state index in [1.54, 1.807) is 52.9 Å². The first-order valence-corrected chi connectivity index (χ1v) is 5.08. The molecule has 0 saturated carbocycles. The number of carboxylic acid groups (broad SMARTS) is 1. The second-order valence-electron chi connectivity index (χ2n) is 2.54. The van der Waals surface area contributed by atoms with Crippen LogP contribution in [-0.2, 0) is 4.79 Å². The number of amides is 1. The Hall–Kier alpha value is -0.110. The van der Waals surface area contributed by atoms with Crippen LogP contribution in [0.4, 0.5) is 0 Å². The van der Waals surface area contributed by atoms with E-state index in [0.717, 1.165) is 0 Å². The minimum absolute atomic E-state index is 0. The van der Waals surface area contributed by atoms with Gasteiger partial charge in [0.05, 0.1) is 0 Å². The Balaban J connectivity index is 0. The molecular formula is C9H9INNaO3. The summed E-state index contributed by atoms with van der Waals surface area (Å²) < 4.78 is -0.902. The molecule has 0 heterocycles. The van der Waals surface area contributed by atoms with Crippen LogP contribution >= 0.6 is 22.6 Å². The molecule has 0 aromatic heterocycles. The van der Waals surface area contributed by atoms with Crippen molar-refractivity contribution in [3.05, 3.63) is 35.9 Å². The Morgan fingerprint density at radius 3 is 2.33 bits per heavy atom. The molecule has 6 heteroatoms. The third-order valence-electron chi connectivity index (χ3n) is 1.51. The molecular weight excluding hydrogens is 320 g/mol. The van der Waals surface area contributed by atoms with Gasteiger partial charge in [-0.2, -0.15) is 0 Å². The van der Waals surface area contributed by atoms with Gasteiger partial charge in [0.15, 0.2) is 4.05 Å². The first-order chi connectivity index (χ1) is 6.61. The Bertz CT molecular complexity index is 350. The number of benzene rings is 1. The van der Waals surface area contributed by atoms with Crippen LogP contribution in [0.15, 0.2) is 30.3 Å². The van der Waals surface area contributed by atoms with Crippen LogP contribution in [0.1, 0.15) is 11.8 Å². The first-order valence-electron chi connectivity index (χ1n) is 3.84.